The molecule has 26 heavy (non-hydrogen) atoms. The van der Waals surface area contributed by atoms with Crippen LogP contribution < -0.4 is 10.1 Å². The second-order valence-corrected chi connectivity index (χ2v) is 6.34. The number of para-hydroxylation sites is 1. The van der Waals surface area contributed by atoms with Crippen LogP contribution in [0.25, 0.3) is 11.1 Å². The van der Waals surface area contributed by atoms with Gasteiger partial charge in [-0.3, -0.25) is 14.2 Å². The Hall–Kier alpha value is -2.80. The number of nitrogens with zero attached hydrogens (tertiary/aromatic N) is 4. The van der Waals surface area contributed by atoms with Crippen LogP contribution in [0.1, 0.15) is 21.9 Å². The van der Waals surface area contributed by atoms with Crippen molar-refractivity contribution in [2.75, 3.05) is 12.4 Å². The summed E-state index contributed by atoms with van der Waals surface area (Å²) in [5.41, 5.74) is 3.32. The number of nitrogens with one attached hydrogen (secondary N) is 1. The van der Waals surface area contributed by atoms with Gasteiger partial charge in [0.15, 0.2) is 5.69 Å². The predicted octanol–water partition coefficient (Wildman–Crippen LogP) is 3.35. The van der Waals surface area contributed by atoms with Crippen LogP contribution in [0.4, 0.5) is 5.82 Å². The predicted molar refractivity (Wildman–Crippen MR) is 101 cm³/mol. The molecule has 2 aromatic heterocycles. The number of halogens is 1. The molecule has 7 nitrogen and oxygen atoms in total. The van der Waals surface area contributed by atoms with Gasteiger partial charge in [0.25, 0.3) is 5.91 Å². The third-order valence-electron chi connectivity index (χ3n) is 4.31. The van der Waals surface area contributed by atoms with Crippen molar-refractivity contribution in [1.29, 1.82) is 0 Å². The number of hydrogen-bond donors (Lipinski definition) is 1. The number of ether oxygens (including phenoxy) is 1. The van der Waals surface area contributed by atoms with E-state index in [2.05, 4.69) is 15.5 Å². The van der Waals surface area contributed by atoms with E-state index in [9.17, 15) is 4.79 Å². The van der Waals surface area contributed by atoms with Crippen molar-refractivity contribution in [2.45, 2.75) is 13.8 Å². The maximum atomic E-state index is 12.8. The average Bonchev–Trinajstić information content (AvgIpc) is 3.04. The van der Waals surface area contributed by atoms with Crippen LogP contribution in [0.15, 0.2) is 24.3 Å². The molecule has 0 aliphatic heterocycles. The molecule has 0 fully saturated rings. The number of amides is 1. The Morgan fingerprint density at radius 2 is 1.85 bits per heavy atom. The largest absolute Gasteiger partial charge is 0.496 e. The SMILES string of the molecule is COc1ccccc1-c1c(C)nn(C)c1NC(=O)c1nn(C)c(C)c1Cl. The number of benzene rings is 1. The van der Waals surface area contributed by atoms with Crippen molar-refractivity contribution >= 4 is 23.3 Å². The molecule has 1 amide bonds. The molecule has 0 saturated carbocycles. The fourth-order valence-electron chi connectivity index (χ4n) is 2.87. The van der Waals surface area contributed by atoms with Gasteiger partial charge in [-0.15, -0.1) is 0 Å². The van der Waals surface area contributed by atoms with Gasteiger partial charge >= 0.3 is 0 Å². The van der Waals surface area contributed by atoms with Crippen molar-refractivity contribution in [2.24, 2.45) is 14.1 Å². The normalized spacial score (nSPS) is 10.8. The summed E-state index contributed by atoms with van der Waals surface area (Å²) in [5, 5.41) is 11.9. The number of rotatable bonds is 4. The lowest BCUT2D eigenvalue weighted by molar-refractivity contribution is 0.102. The summed E-state index contributed by atoms with van der Waals surface area (Å²) in [6.07, 6.45) is 0. The summed E-state index contributed by atoms with van der Waals surface area (Å²) < 4.78 is 8.66. The smallest absolute Gasteiger partial charge is 0.278 e. The van der Waals surface area contributed by atoms with Gasteiger partial charge in [0.2, 0.25) is 0 Å². The second kappa shape index (κ2) is 6.84. The Kier molecular flexibility index (Phi) is 4.73. The van der Waals surface area contributed by atoms with E-state index in [1.54, 1.807) is 37.5 Å². The Labute approximate surface area is 156 Å². The van der Waals surface area contributed by atoms with Gasteiger partial charge in [0, 0.05) is 19.7 Å². The number of carbonyl (C=O) groups is 1. The molecule has 1 N–H and O–H groups in total. The highest BCUT2D eigenvalue weighted by atomic mass is 35.5. The zero-order valence-electron chi connectivity index (χ0n) is 15.3. The minimum atomic E-state index is -0.391. The van der Waals surface area contributed by atoms with Crippen LogP contribution in [-0.4, -0.2) is 32.6 Å². The molecule has 0 spiro atoms. The Morgan fingerprint density at radius 1 is 1.15 bits per heavy atom. The van der Waals surface area contributed by atoms with E-state index in [-0.39, 0.29) is 5.69 Å². The molecular weight excluding hydrogens is 354 g/mol. The van der Waals surface area contributed by atoms with Crippen LogP contribution in [0.2, 0.25) is 5.02 Å². The highest BCUT2D eigenvalue weighted by molar-refractivity contribution is 6.34. The van der Waals surface area contributed by atoms with Crippen LogP contribution >= 0.6 is 11.6 Å². The Bertz CT molecular complexity index is 990. The summed E-state index contributed by atoms with van der Waals surface area (Å²) >= 11 is 6.24. The van der Waals surface area contributed by atoms with Gasteiger partial charge in [-0.05, 0) is 19.9 Å². The van der Waals surface area contributed by atoms with E-state index in [0.717, 1.165) is 22.5 Å². The molecule has 0 unspecified atom stereocenters. The number of anilines is 1. The summed E-state index contributed by atoms with van der Waals surface area (Å²) in [4.78, 5) is 12.8. The van der Waals surface area contributed by atoms with E-state index in [0.29, 0.717) is 16.6 Å². The van der Waals surface area contributed by atoms with Crippen molar-refractivity contribution in [3.05, 3.63) is 46.4 Å². The van der Waals surface area contributed by atoms with Crippen molar-refractivity contribution in [3.8, 4) is 16.9 Å². The van der Waals surface area contributed by atoms with Crippen LogP contribution in [0.5, 0.6) is 5.75 Å². The number of aryl methyl sites for hydroxylation is 3. The molecule has 0 aliphatic carbocycles. The molecule has 0 saturated heterocycles. The molecule has 136 valence electrons. The van der Waals surface area contributed by atoms with Crippen LogP contribution in [-0.2, 0) is 14.1 Å². The van der Waals surface area contributed by atoms with Crippen LogP contribution in [0.3, 0.4) is 0 Å². The Morgan fingerprint density at radius 3 is 2.46 bits per heavy atom. The number of aromatic nitrogens is 4. The van der Waals surface area contributed by atoms with Crippen LogP contribution in [0, 0.1) is 13.8 Å². The molecule has 0 bridgehead atoms. The molecule has 0 radical (unpaired) electrons. The van der Waals surface area contributed by atoms with Gasteiger partial charge in [0.1, 0.15) is 11.6 Å². The third kappa shape index (κ3) is 2.94. The maximum Gasteiger partial charge on any atom is 0.278 e. The molecular formula is C18H20ClN5O2. The molecule has 3 aromatic rings. The number of methoxy groups -OCH3 is 1. The summed E-state index contributed by atoms with van der Waals surface area (Å²) in [6.45, 7) is 3.69. The van der Waals surface area contributed by atoms with Crippen molar-refractivity contribution in [3.63, 3.8) is 0 Å². The van der Waals surface area contributed by atoms with Crippen molar-refractivity contribution in [1.82, 2.24) is 19.6 Å². The maximum absolute atomic E-state index is 12.8. The van der Waals surface area contributed by atoms with Gasteiger partial charge in [-0.2, -0.15) is 10.2 Å². The third-order valence-corrected chi connectivity index (χ3v) is 4.76. The quantitative estimate of drug-likeness (QED) is 0.761. The lowest BCUT2D eigenvalue weighted by Gasteiger charge is -2.11. The highest BCUT2D eigenvalue weighted by Crippen LogP contribution is 2.37. The monoisotopic (exact) mass is 373 g/mol. The molecule has 3 rings (SSSR count). The first kappa shape index (κ1) is 18.0. The van der Waals surface area contributed by atoms with Gasteiger partial charge in [0.05, 0.1) is 29.1 Å². The van der Waals surface area contributed by atoms with E-state index in [1.165, 1.54) is 0 Å². The second-order valence-electron chi connectivity index (χ2n) is 5.96. The standard InChI is InChI=1S/C18H20ClN5O2/c1-10-14(12-8-6-7-9-13(12)26-5)17(24(4)21-10)20-18(25)16-15(19)11(2)23(3)22-16/h6-9H,1-5H3,(H,20,25). The zero-order chi connectivity index (χ0) is 19.0. The van der Waals surface area contributed by atoms with E-state index in [1.807, 2.05) is 31.2 Å². The summed E-state index contributed by atoms with van der Waals surface area (Å²) in [5.74, 6) is 0.861. The average molecular weight is 374 g/mol. The first-order valence-corrected chi connectivity index (χ1v) is 8.40. The van der Waals surface area contributed by atoms with E-state index < -0.39 is 5.91 Å². The molecule has 1 aromatic carbocycles. The minimum absolute atomic E-state index is 0.177. The number of hydrogen-bond acceptors (Lipinski definition) is 4. The van der Waals surface area contributed by atoms with Gasteiger partial charge in [-0.1, -0.05) is 29.8 Å². The van der Waals surface area contributed by atoms with E-state index in [4.69, 9.17) is 16.3 Å². The molecule has 0 aliphatic rings. The molecule has 0 atom stereocenters. The fraction of sp³-hybridized carbons (Fsp3) is 0.278. The fourth-order valence-corrected chi connectivity index (χ4v) is 3.12. The van der Waals surface area contributed by atoms with Crippen molar-refractivity contribution < 1.29 is 9.53 Å². The summed E-state index contributed by atoms with van der Waals surface area (Å²) in [7, 11) is 5.12. The lowest BCUT2D eigenvalue weighted by Crippen LogP contribution is -2.16. The summed E-state index contributed by atoms with van der Waals surface area (Å²) in [6, 6.07) is 7.60. The molecule has 2 heterocycles. The minimum Gasteiger partial charge on any atom is -0.496 e. The van der Waals surface area contributed by atoms with Gasteiger partial charge in [-0.25, -0.2) is 0 Å². The first-order chi connectivity index (χ1) is 12.3. The van der Waals surface area contributed by atoms with Gasteiger partial charge < -0.3 is 10.1 Å². The number of carbonyl (C=O) groups excluding carboxylic acids is 1. The Balaban J connectivity index is 2.06. The van der Waals surface area contributed by atoms with E-state index >= 15 is 0 Å². The first-order valence-electron chi connectivity index (χ1n) is 8.02. The zero-order valence-corrected chi connectivity index (χ0v) is 16.0. The lowest BCUT2D eigenvalue weighted by atomic mass is 10.0. The molecule has 8 heteroatoms. The topological polar surface area (TPSA) is 74.0 Å². The highest BCUT2D eigenvalue weighted by Gasteiger charge is 2.23.